The molecule has 0 aromatic carbocycles. The van der Waals surface area contributed by atoms with Crippen LogP contribution in [0.25, 0.3) is 0 Å². The molecule has 3 N–H and O–H groups in total. The van der Waals surface area contributed by atoms with Gasteiger partial charge in [0, 0.05) is 11.5 Å². The van der Waals surface area contributed by atoms with Crippen molar-refractivity contribution in [3.8, 4) is 0 Å². The van der Waals surface area contributed by atoms with E-state index in [-0.39, 0.29) is 0 Å². The van der Waals surface area contributed by atoms with Crippen LogP contribution in [-0.2, 0) is 4.79 Å². The summed E-state index contributed by atoms with van der Waals surface area (Å²) >= 11 is 2.55. The first-order chi connectivity index (χ1) is 8.13. The molecule has 0 fully saturated rings. The van der Waals surface area contributed by atoms with Crippen LogP contribution in [0.3, 0.4) is 0 Å². The smallest absolute Gasteiger partial charge is 0.326 e. The Morgan fingerprint density at radius 2 is 2.41 bits per heavy atom. The first kappa shape index (κ1) is 13.7. The summed E-state index contributed by atoms with van der Waals surface area (Å²) in [6.07, 6.45) is 3.65. The molecule has 1 heterocycles. The predicted octanol–water partition coefficient (Wildman–Crippen LogP) is 0.866. The molecule has 94 valence electrons. The molecule has 2 amide bonds. The van der Waals surface area contributed by atoms with Gasteiger partial charge in [-0.25, -0.2) is 9.59 Å². The molecule has 1 aromatic rings. The van der Waals surface area contributed by atoms with Gasteiger partial charge in [0.25, 0.3) is 0 Å². The quantitative estimate of drug-likeness (QED) is 0.712. The maximum absolute atomic E-state index is 11.4. The van der Waals surface area contributed by atoms with Crippen molar-refractivity contribution in [2.75, 3.05) is 17.3 Å². The Hall–Kier alpha value is -1.35. The van der Waals surface area contributed by atoms with Crippen LogP contribution in [0.1, 0.15) is 6.42 Å². The SMILES string of the molecule is CSCC[C@H](NC(=O)Nc1cnns1)C(=O)O. The lowest BCUT2D eigenvalue weighted by Crippen LogP contribution is -2.43. The monoisotopic (exact) mass is 276 g/mol. The maximum Gasteiger partial charge on any atom is 0.326 e. The lowest BCUT2D eigenvalue weighted by atomic mass is 10.2. The van der Waals surface area contributed by atoms with E-state index in [0.29, 0.717) is 17.2 Å². The number of urea groups is 1. The third-order valence-electron chi connectivity index (χ3n) is 1.81. The van der Waals surface area contributed by atoms with E-state index in [1.54, 1.807) is 0 Å². The molecule has 7 nitrogen and oxygen atoms in total. The van der Waals surface area contributed by atoms with Gasteiger partial charge in [-0.05, 0) is 18.4 Å². The number of nitrogens with one attached hydrogen (secondary N) is 2. The first-order valence-electron chi connectivity index (χ1n) is 4.70. The maximum atomic E-state index is 11.4. The highest BCUT2D eigenvalue weighted by molar-refractivity contribution is 7.98. The summed E-state index contributed by atoms with van der Waals surface area (Å²) < 4.78 is 3.57. The standard InChI is InChI=1S/C8H12N4O3S2/c1-16-3-2-5(7(13)14)10-8(15)11-6-4-9-12-17-6/h4-5H,2-3H2,1H3,(H,13,14)(H2,10,11,15)/t5-/m0/s1. The molecular formula is C8H12N4O3S2. The largest absolute Gasteiger partial charge is 0.480 e. The van der Waals surface area contributed by atoms with E-state index in [1.165, 1.54) is 18.0 Å². The molecule has 17 heavy (non-hydrogen) atoms. The molecule has 0 radical (unpaired) electrons. The van der Waals surface area contributed by atoms with Gasteiger partial charge in [-0.3, -0.25) is 5.32 Å². The molecule has 0 saturated heterocycles. The number of rotatable bonds is 6. The van der Waals surface area contributed by atoms with Crippen molar-refractivity contribution in [2.45, 2.75) is 12.5 Å². The van der Waals surface area contributed by atoms with Gasteiger partial charge < -0.3 is 10.4 Å². The minimum absolute atomic E-state index is 0.380. The lowest BCUT2D eigenvalue weighted by molar-refractivity contribution is -0.139. The lowest BCUT2D eigenvalue weighted by Gasteiger charge is -2.13. The van der Waals surface area contributed by atoms with Crippen molar-refractivity contribution in [2.24, 2.45) is 0 Å². The number of aliphatic carboxylic acids is 1. The number of thioether (sulfide) groups is 1. The fourth-order valence-electron chi connectivity index (χ4n) is 1.02. The molecule has 0 unspecified atom stereocenters. The van der Waals surface area contributed by atoms with Gasteiger partial charge in [0.05, 0.1) is 6.20 Å². The van der Waals surface area contributed by atoms with Gasteiger partial charge in [0.15, 0.2) is 0 Å². The van der Waals surface area contributed by atoms with Crippen LogP contribution in [0.4, 0.5) is 9.80 Å². The Morgan fingerprint density at radius 3 is 2.94 bits per heavy atom. The summed E-state index contributed by atoms with van der Waals surface area (Å²) in [5.74, 6) is -0.379. The van der Waals surface area contributed by atoms with Crippen LogP contribution in [0.15, 0.2) is 6.20 Å². The van der Waals surface area contributed by atoms with Crippen LogP contribution in [0.5, 0.6) is 0 Å². The van der Waals surface area contributed by atoms with Gasteiger partial charge in [-0.2, -0.15) is 11.8 Å². The Bertz CT molecular complexity index is 371. The number of carboxylic acid groups (broad SMARTS) is 1. The first-order valence-corrected chi connectivity index (χ1v) is 6.87. The van der Waals surface area contributed by atoms with Crippen molar-refractivity contribution >= 4 is 40.3 Å². The van der Waals surface area contributed by atoms with Gasteiger partial charge in [0.2, 0.25) is 0 Å². The van der Waals surface area contributed by atoms with E-state index < -0.39 is 18.0 Å². The topological polar surface area (TPSA) is 104 Å². The zero-order chi connectivity index (χ0) is 12.7. The average molecular weight is 276 g/mol. The van der Waals surface area contributed by atoms with E-state index in [9.17, 15) is 9.59 Å². The predicted molar refractivity (Wildman–Crippen MR) is 66.5 cm³/mol. The van der Waals surface area contributed by atoms with Gasteiger partial charge in [-0.15, -0.1) is 5.10 Å². The van der Waals surface area contributed by atoms with Crippen LogP contribution >= 0.6 is 23.3 Å². The Balaban J connectivity index is 2.43. The third kappa shape index (κ3) is 5.00. The van der Waals surface area contributed by atoms with E-state index in [0.717, 1.165) is 11.5 Å². The summed E-state index contributed by atoms with van der Waals surface area (Å²) in [6, 6.07) is -1.45. The van der Waals surface area contributed by atoms with Crippen molar-refractivity contribution in [1.29, 1.82) is 0 Å². The highest BCUT2D eigenvalue weighted by Crippen LogP contribution is 2.09. The number of hydrogen-bond donors (Lipinski definition) is 3. The number of amides is 2. The molecule has 0 saturated carbocycles. The van der Waals surface area contributed by atoms with Crippen molar-refractivity contribution < 1.29 is 14.7 Å². The van der Waals surface area contributed by atoms with Crippen LogP contribution < -0.4 is 10.6 Å². The molecular weight excluding hydrogens is 264 g/mol. The van der Waals surface area contributed by atoms with E-state index >= 15 is 0 Å². The normalized spacial score (nSPS) is 11.8. The highest BCUT2D eigenvalue weighted by atomic mass is 32.2. The molecule has 0 aliphatic rings. The summed E-state index contributed by atoms with van der Waals surface area (Å²) in [4.78, 5) is 22.3. The number of carbonyl (C=O) groups is 2. The van der Waals surface area contributed by atoms with E-state index in [2.05, 4.69) is 20.2 Å². The Morgan fingerprint density at radius 1 is 1.65 bits per heavy atom. The number of anilines is 1. The van der Waals surface area contributed by atoms with E-state index in [4.69, 9.17) is 5.11 Å². The summed E-state index contributed by atoms with van der Waals surface area (Å²) in [5.41, 5.74) is 0. The number of hydrogen-bond acceptors (Lipinski definition) is 6. The number of carboxylic acids is 1. The Labute approximate surface area is 106 Å². The molecule has 0 aliphatic heterocycles. The van der Waals surface area contributed by atoms with Gasteiger partial charge in [0.1, 0.15) is 11.0 Å². The number of nitrogens with zero attached hydrogens (tertiary/aromatic N) is 2. The number of carbonyl (C=O) groups excluding carboxylic acids is 1. The molecule has 1 rings (SSSR count). The molecule has 0 aliphatic carbocycles. The second-order valence-electron chi connectivity index (χ2n) is 3.05. The fourth-order valence-corrected chi connectivity index (χ4v) is 1.91. The minimum Gasteiger partial charge on any atom is -0.480 e. The van der Waals surface area contributed by atoms with Crippen LogP contribution in [-0.4, -0.2) is 44.7 Å². The minimum atomic E-state index is -1.04. The molecule has 0 spiro atoms. The highest BCUT2D eigenvalue weighted by Gasteiger charge is 2.19. The molecule has 1 atom stereocenters. The summed E-state index contributed by atoms with van der Waals surface area (Å²) in [6.45, 7) is 0. The fraction of sp³-hybridized carbons (Fsp3) is 0.500. The van der Waals surface area contributed by atoms with Gasteiger partial charge >= 0.3 is 12.0 Å². The van der Waals surface area contributed by atoms with Crippen LogP contribution in [0, 0.1) is 0 Å². The second-order valence-corrected chi connectivity index (χ2v) is 4.82. The zero-order valence-corrected chi connectivity index (χ0v) is 10.7. The third-order valence-corrected chi connectivity index (χ3v) is 3.04. The van der Waals surface area contributed by atoms with Crippen molar-refractivity contribution in [3.63, 3.8) is 0 Å². The summed E-state index contributed by atoms with van der Waals surface area (Å²) in [5, 5.41) is 17.8. The van der Waals surface area contributed by atoms with Crippen molar-refractivity contribution in [3.05, 3.63) is 6.20 Å². The average Bonchev–Trinajstić information content (AvgIpc) is 2.76. The van der Waals surface area contributed by atoms with Crippen molar-refractivity contribution in [1.82, 2.24) is 14.9 Å². The summed E-state index contributed by atoms with van der Waals surface area (Å²) in [7, 11) is 0. The zero-order valence-electron chi connectivity index (χ0n) is 9.04. The van der Waals surface area contributed by atoms with E-state index in [1.807, 2.05) is 6.26 Å². The molecule has 9 heteroatoms. The van der Waals surface area contributed by atoms with Crippen LogP contribution in [0.2, 0.25) is 0 Å². The number of aromatic nitrogens is 2. The molecule has 1 aromatic heterocycles. The Kier molecular flexibility index (Phi) is 5.70. The second kappa shape index (κ2) is 7.07. The molecule has 0 bridgehead atoms. The van der Waals surface area contributed by atoms with Gasteiger partial charge in [-0.1, -0.05) is 4.49 Å².